The summed E-state index contributed by atoms with van der Waals surface area (Å²) in [5.41, 5.74) is 0. The van der Waals surface area contributed by atoms with E-state index in [4.69, 9.17) is 0 Å². The minimum Gasteiger partial charge on any atom is -0.311 e. The molecule has 0 spiro atoms. The Balaban J connectivity index is 2.43. The van der Waals surface area contributed by atoms with E-state index in [-0.39, 0.29) is 0 Å². The highest BCUT2D eigenvalue weighted by atomic mass is 15.0. The maximum absolute atomic E-state index is 3.95. The van der Waals surface area contributed by atoms with Crippen molar-refractivity contribution in [3.05, 3.63) is 0 Å². The van der Waals surface area contributed by atoms with Crippen molar-refractivity contribution in [2.75, 3.05) is 0 Å². The number of hydrogen-bond acceptors (Lipinski definition) is 1. The van der Waals surface area contributed by atoms with Gasteiger partial charge in [-0.3, -0.25) is 0 Å². The summed E-state index contributed by atoms with van der Waals surface area (Å²) in [4.78, 5) is 0. The molecule has 5 atom stereocenters. The van der Waals surface area contributed by atoms with Crippen molar-refractivity contribution in [1.82, 2.24) is 5.32 Å². The van der Waals surface area contributed by atoms with Crippen LogP contribution in [0.5, 0.6) is 0 Å². The summed E-state index contributed by atoms with van der Waals surface area (Å²) >= 11 is 0. The van der Waals surface area contributed by atoms with Gasteiger partial charge in [0, 0.05) is 12.1 Å². The zero-order chi connectivity index (χ0) is 12.8. The van der Waals surface area contributed by atoms with Gasteiger partial charge >= 0.3 is 0 Å². The summed E-state index contributed by atoms with van der Waals surface area (Å²) in [5.74, 6) is 2.63. The predicted molar refractivity (Wildman–Crippen MR) is 77.3 cm³/mol. The van der Waals surface area contributed by atoms with Gasteiger partial charge in [0.1, 0.15) is 0 Å². The van der Waals surface area contributed by atoms with Crippen molar-refractivity contribution < 1.29 is 0 Å². The van der Waals surface area contributed by atoms with E-state index < -0.39 is 0 Å². The lowest BCUT2D eigenvalue weighted by atomic mass is 9.77. The zero-order valence-electron chi connectivity index (χ0n) is 12.6. The van der Waals surface area contributed by atoms with E-state index in [0.717, 1.165) is 29.8 Å². The minimum atomic E-state index is 0.739. The van der Waals surface area contributed by atoms with Gasteiger partial charge < -0.3 is 5.32 Å². The van der Waals surface area contributed by atoms with Crippen LogP contribution in [0.15, 0.2) is 0 Å². The molecular weight excluding hydrogens is 206 g/mol. The highest BCUT2D eigenvalue weighted by molar-refractivity contribution is 4.85. The van der Waals surface area contributed by atoms with Crippen molar-refractivity contribution >= 4 is 0 Å². The van der Waals surface area contributed by atoms with Gasteiger partial charge in [-0.25, -0.2) is 0 Å². The van der Waals surface area contributed by atoms with Gasteiger partial charge in [0.05, 0.1) is 0 Å². The summed E-state index contributed by atoms with van der Waals surface area (Å²) in [5, 5.41) is 3.95. The Kier molecular flexibility index (Phi) is 6.54. The predicted octanol–water partition coefficient (Wildman–Crippen LogP) is 4.62. The standard InChI is InChI=1S/C16H33N/c1-6-12(3)11-15(7-2)17-16-10-8-9-13(4)14(16)5/h12-17H,6-11H2,1-5H3. The molecule has 0 bridgehead atoms. The Morgan fingerprint density at radius 2 is 1.82 bits per heavy atom. The van der Waals surface area contributed by atoms with E-state index >= 15 is 0 Å². The van der Waals surface area contributed by atoms with Crippen LogP contribution in [0.1, 0.15) is 73.1 Å². The fraction of sp³-hybridized carbons (Fsp3) is 1.00. The first-order valence-electron chi connectivity index (χ1n) is 7.84. The van der Waals surface area contributed by atoms with E-state index in [0.29, 0.717) is 0 Å². The first-order valence-corrected chi connectivity index (χ1v) is 7.84. The van der Waals surface area contributed by atoms with Crippen LogP contribution in [0.25, 0.3) is 0 Å². The highest BCUT2D eigenvalue weighted by Crippen LogP contribution is 2.30. The molecule has 1 heteroatoms. The monoisotopic (exact) mass is 239 g/mol. The summed E-state index contributed by atoms with van der Waals surface area (Å²) in [6.45, 7) is 11.9. The second kappa shape index (κ2) is 7.41. The molecule has 0 amide bonds. The molecule has 0 aromatic rings. The van der Waals surface area contributed by atoms with Crippen molar-refractivity contribution in [3.63, 3.8) is 0 Å². The molecule has 5 unspecified atom stereocenters. The second-order valence-corrected chi connectivity index (χ2v) is 6.39. The van der Waals surface area contributed by atoms with E-state index in [1.54, 1.807) is 0 Å². The molecule has 1 nitrogen and oxygen atoms in total. The summed E-state index contributed by atoms with van der Waals surface area (Å²) in [7, 11) is 0. The van der Waals surface area contributed by atoms with E-state index in [1.807, 2.05) is 0 Å². The Morgan fingerprint density at radius 1 is 1.12 bits per heavy atom. The molecule has 17 heavy (non-hydrogen) atoms. The van der Waals surface area contributed by atoms with Crippen LogP contribution >= 0.6 is 0 Å². The fourth-order valence-electron chi connectivity index (χ4n) is 3.12. The molecule has 0 radical (unpaired) electrons. The molecular formula is C16H33N. The summed E-state index contributed by atoms with van der Waals surface area (Å²) < 4.78 is 0. The third kappa shape index (κ3) is 4.62. The average molecular weight is 239 g/mol. The molecule has 0 aromatic heterocycles. The summed E-state index contributed by atoms with van der Waals surface area (Å²) in [6.07, 6.45) is 8.19. The topological polar surface area (TPSA) is 12.0 Å². The van der Waals surface area contributed by atoms with E-state index in [9.17, 15) is 0 Å². The van der Waals surface area contributed by atoms with Crippen molar-refractivity contribution in [3.8, 4) is 0 Å². The molecule has 1 saturated carbocycles. The SMILES string of the molecule is CCC(C)CC(CC)NC1CCCC(C)C1C. The van der Waals surface area contributed by atoms with Gasteiger partial charge in [-0.2, -0.15) is 0 Å². The maximum Gasteiger partial charge on any atom is 0.00978 e. The molecule has 1 N–H and O–H groups in total. The van der Waals surface area contributed by atoms with E-state index in [2.05, 4.69) is 39.9 Å². The van der Waals surface area contributed by atoms with Gasteiger partial charge in [-0.1, -0.05) is 53.9 Å². The average Bonchev–Trinajstić information content (AvgIpc) is 2.33. The van der Waals surface area contributed by atoms with Gasteiger partial charge in [-0.05, 0) is 37.0 Å². The Bertz CT molecular complexity index is 202. The molecule has 1 fully saturated rings. The van der Waals surface area contributed by atoms with Crippen LogP contribution in [-0.2, 0) is 0 Å². The highest BCUT2D eigenvalue weighted by Gasteiger charge is 2.28. The number of nitrogens with one attached hydrogen (secondary N) is 1. The van der Waals surface area contributed by atoms with Crippen LogP contribution in [0, 0.1) is 17.8 Å². The molecule has 0 aromatic carbocycles. The first kappa shape index (κ1) is 15.0. The van der Waals surface area contributed by atoms with Crippen LogP contribution < -0.4 is 5.32 Å². The molecule has 0 saturated heterocycles. The number of rotatable bonds is 6. The minimum absolute atomic E-state index is 0.739. The molecule has 102 valence electrons. The van der Waals surface area contributed by atoms with Crippen LogP contribution in [0.3, 0.4) is 0 Å². The summed E-state index contributed by atoms with van der Waals surface area (Å²) in [6, 6.07) is 1.51. The van der Waals surface area contributed by atoms with Crippen LogP contribution in [0.2, 0.25) is 0 Å². The zero-order valence-corrected chi connectivity index (χ0v) is 12.6. The van der Waals surface area contributed by atoms with Gasteiger partial charge in [0.25, 0.3) is 0 Å². The molecule has 0 aliphatic heterocycles. The van der Waals surface area contributed by atoms with Crippen LogP contribution in [0.4, 0.5) is 0 Å². The Morgan fingerprint density at radius 3 is 2.41 bits per heavy atom. The van der Waals surface area contributed by atoms with Gasteiger partial charge in [0.15, 0.2) is 0 Å². The Labute approximate surface area is 109 Å². The van der Waals surface area contributed by atoms with Crippen LogP contribution in [-0.4, -0.2) is 12.1 Å². The fourth-order valence-corrected chi connectivity index (χ4v) is 3.12. The largest absolute Gasteiger partial charge is 0.311 e. The van der Waals surface area contributed by atoms with Gasteiger partial charge in [-0.15, -0.1) is 0 Å². The third-order valence-corrected chi connectivity index (χ3v) is 5.03. The smallest absolute Gasteiger partial charge is 0.00978 e. The first-order chi connectivity index (χ1) is 8.08. The number of hydrogen-bond donors (Lipinski definition) is 1. The second-order valence-electron chi connectivity index (χ2n) is 6.39. The molecule has 1 aliphatic carbocycles. The lowest BCUT2D eigenvalue weighted by Gasteiger charge is -2.37. The lowest BCUT2D eigenvalue weighted by Crippen LogP contribution is -2.46. The van der Waals surface area contributed by atoms with Gasteiger partial charge in [0.2, 0.25) is 0 Å². The molecule has 0 heterocycles. The normalized spacial score (nSPS) is 33.4. The quantitative estimate of drug-likeness (QED) is 0.713. The lowest BCUT2D eigenvalue weighted by molar-refractivity contribution is 0.185. The molecule has 1 rings (SSSR count). The van der Waals surface area contributed by atoms with Crippen molar-refractivity contribution in [2.45, 2.75) is 85.2 Å². The molecule has 1 aliphatic rings. The van der Waals surface area contributed by atoms with E-state index in [1.165, 1.54) is 38.5 Å². The van der Waals surface area contributed by atoms with Crippen molar-refractivity contribution in [1.29, 1.82) is 0 Å². The Hall–Kier alpha value is -0.0400. The van der Waals surface area contributed by atoms with Crippen molar-refractivity contribution in [2.24, 2.45) is 17.8 Å². The maximum atomic E-state index is 3.95. The third-order valence-electron chi connectivity index (χ3n) is 5.03.